The van der Waals surface area contributed by atoms with Gasteiger partial charge in [-0.1, -0.05) is 30.9 Å². The Morgan fingerprint density at radius 2 is 1.70 bits per heavy atom. The van der Waals surface area contributed by atoms with E-state index >= 15 is 0 Å². The Hall–Kier alpha value is -2.08. The van der Waals surface area contributed by atoms with E-state index < -0.39 is 6.04 Å². The molecule has 1 heterocycles. The Balaban J connectivity index is 1.49. The second-order valence-corrected chi connectivity index (χ2v) is 7.73. The first kappa shape index (κ1) is 19.7. The van der Waals surface area contributed by atoms with Crippen molar-refractivity contribution in [1.29, 1.82) is 0 Å². The second-order valence-electron chi connectivity index (χ2n) is 7.30. The zero-order valence-corrected chi connectivity index (χ0v) is 16.1. The van der Waals surface area contributed by atoms with Crippen LogP contribution in [0.2, 0.25) is 5.02 Å². The van der Waals surface area contributed by atoms with E-state index in [-0.39, 0.29) is 30.2 Å². The first-order valence-corrected chi connectivity index (χ1v) is 10.1. The first-order valence-electron chi connectivity index (χ1n) is 9.68. The van der Waals surface area contributed by atoms with Crippen molar-refractivity contribution in [3.63, 3.8) is 0 Å². The van der Waals surface area contributed by atoms with Crippen LogP contribution in [-0.4, -0.2) is 41.8 Å². The van der Waals surface area contributed by atoms with E-state index in [2.05, 4.69) is 10.6 Å². The highest BCUT2D eigenvalue weighted by molar-refractivity contribution is 6.30. The molecule has 2 N–H and O–H groups in total. The van der Waals surface area contributed by atoms with Crippen LogP contribution < -0.4 is 10.6 Å². The molecule has 146 valence electrons. The fourth-order valence-corrected chi connectivity index (χ4v) is 4.04. The number of nitrogens with one attached hydrogen (secondary N) is 2. The lowest BCUT2D eigenvalue weighted by molar-refractivity contribution is -0.142. The van der Waals surface area contributed by atoms with Crippen LogP contribution in [0.3, 0.4) is 0 Å². The molecule has 0 bridgehead atoms. The van der Waals surface area contributed by atoms with Crippen molar-refractivity contribution >= 4 is 35.0 Å². The Kier molecular flexibility index (Phi) is 6.72. The monoisotopic (exact) mass is 391 g/mol. The predicted molar refractivity (Wildman–Crippen MR) is 104 cm³/mol. The summed E-state index contributed by atoms with van der Waals surface area (Å²) < 4.78 is 0. The van der Waals surface area contributed by atoms with E-state index in [4.69, 9.17) is 11.6 Å². The maximum absolute atomic E-state index is 12.8. The third-order valence-electron chi connectivity index (χ3n) is 5.34. The number of anilines is 1. The highest BCUT2D eigenvalue weighted by atomic mass is 35.5. The Labute approximate surface area is 164 Å². The van der Waals surface area contributed by atoms with Gasteiger partial charge in [-0.2, -0.15) is 0 Å². The Morgan fingerprint density at radius 3 is 2.41 bits per heavy atom. The quantitative estimate of drug-likeness (QED) is 0.809. The van der Waals surface area contributed by atoms with Crippen molar-refractivity contribution in [1.82, 2.24) is 10.2 Å². The van der Waals surface area contributed by atoms with E-state index in [9.17, 15) is 14.4 Å². The molecule has 3 rings (SSSR count). The van der Waals surface area contributed by atoms with Crippen LogP contribution in [0.4, 0.5) is 5.69 Å². The molecule has 1 aromatic rings. The van der Waals surface area contributed by atoms with E-state index in [1.807, 2.05) is 0 Å². The minimum Gasteiger partial charge on any atom is -0.345 e. The third-order valence-corrected chi connectivity index (χ3v) is 5.60. The van der Waals surface area contributed by atoms with Gasteiger partial charge in [-0.25, -0.2) is 0 Å². The number of hydrogen-bond donors (Lipinski definition) is 2. The van der Waals surface area contributed by atoms with Crippen molar-refractivity contribution < 1.29 is 14.4 Å². The van der Waals surface area contributed by atoms with Gasteiger partial charge < -0.3 is 15.5 Å². The number of likely N-dealkylation sites (tertiary alicyclic amines) is 1. The number of halogens is 1. The number of benzene rings is 1. The highest BCUT2D eigenvalue weighted by Crippen LogP contribution is 2.28. The Bertz CT molecular complexity index is 686. The summed E-state index contributed by atoms with van der Waals surface area (Å²) in [6.45, 7) is 0.508. The summed E-state index contributed by atoms with van der Waals surface area (Å²) >= 11 is 5.82. The maximum Gasteiger partial charge on any atom is 0.243 e. The lowest BCUT2D eigenvalue weighted by Crippen LogP contribution is -2.49. The molecule has 1 saturated carbocycles. The summed E-state index contributed by atoms with van der Waals surface area (Å²) in [4.78, 5) is 39.1. The topological polar surface area (TPSA) is 78.5 Å². The summed E-state index contributed by atoms with van der Waals surface area (Å²) in [6, 6.07) is 6.31. The van der Waals surface area contributed by atoms with Gasteiger partial charge in [-0.15, -0.1) is 0 Å². The van der Waals surface area contributed by atoms with Crippen LogP contribution in [0.5, 0.6) is 0 Å². The van der Waals surface area contributed by atoms with Crippen LogP contribution >= 0.6 is 11.6 Å². The number of amides is 3. The van der Waals surface area contributed by atoms with Crippen LogP contribution in [0, 0.1) is 5.92 Å². The maximum atomic E-state index is 12.8. The average molecular weight is 392 g/mol. The lowest BCUT2D eigenvalue weighted by Gasteiger charge is -2.30. The summed E-state index contributed by atoms with van der Waals surface area (Å²) in [5, 5.41) is 5.97. The summed E-state index contributed by atoms with van der Waals surface area (Å²) in [5.41, 5.74) is 0.619. The zero-order chi connectivity index (χ0) is 19.2. The normalized spacial score (nSPS) is 20.3. The van der Waals surface area contributed by atoms with Crippen LogP contribution in [0.15, 0.2) is 24.3 Å². The fraction of sp³-hybridized carbons (Fsp3) is 0.550. The van der Waals surface area contributed by atoms with Gasteiger partial charge in [0, 0.05) is 23.2 Å². The number of hydrogen-bond acceptors (Lipinski definition) is 3. The largest absolute Gasteiger partial charge is 0.345 e. The number of rotatable bonds is 5. The molecule has 1 aliphatic carbocycles. The van der Waals surface area contributed by atoms with E-state index in [1.165, 1.54) is 6.42 Å². The molecule has 0 radical (unpaired) electrons. The third kappa shape index (κ3) is 5.22. The molecule has 27 heavy (non-hydrogen) atoms. The number of carbonyl (C=O) groups is 3. The van der Waals surface area contributed by atoms with E-state index in [1.54, 1.807) is 29.2 Å². The second kappa shape index (κ2) is 9.22. The zero-order valence-electron chi connectivity index (χ0n) is 15.4. The molecule has 2 fully saturated rings. The Morgan fingerprint density at radius 1 is 1.00 bits per heavy atom. The smallest absolute Gasteiger partial charge is 0.243 e. The van der Waals surface area contributed by atoms with Gasteiger partial charge in [0.25, 0.3) is 0 Å². The molecular weight excluding hydrogens is 366 g/mol. The predicted octanol–water partition coefficient (Wildman–Crippen LogP) is 2.97. The molecule has 6 nitrogen and oxygen atoms in total. The standard InChI is InChI=1S/C20H26ClN3O3/c21-15-8-10-16(11-9-15)23-18(25)13-22-19(26)17-7-4-12-24(17)20(27)14-5-2-1-3-6-14/h8-11,14,17H,1-7,12-13H2,(H,22,26)(H,23,25). The fourth-order valence-electron chi connectivity index (χ4n) is 3.91. The molecule has 1 aromatic carbocycles. The van der Waals surface area contributed by atoms with Crippen LogP contribution in [0.25, 0.3) is 0 Å². The lowest BCUT2D eigenvalue weighted by atomic mass is 9.88. The number of carbonyl (C=O) groups excluding carboxylic acids is 3. The van der Waals surface area contributed by atoms with Crippen molar-refractivity contribution in [3.8, 4) is 0 Å². The molecule has 1 saturated heterocycles. The van der Waals surface area contributed by atoms with Gasteiger partial charge in [0.15, 0.2) is 0 Å². The average Bonchev–Trinajstić information content (AvgIpc) is 3.18. The van der Waals surface area contributed by atoms with E-state index in [0.717, 1.165) is 32.1 Å². The van der Waals surface area contributed by atoms with Crippen LogP contribution in [0.1, 0.15) is 44.9 Å². The summed E-state index contributed by atoms with van der Waals surface area (Å²) in [5.74, 6) is -0.393. The van der Waals surface area contributed by atoms with Gasteiger partial charge in [0.1, 0.15) is 6.04 Å². The SMILES string of the molecule is O=C(CNC(=O)C1CCCN1C(=O)C1CCCCC1)Nc1ccc(Cl)cc1. The molecule has 1 unspecified atom stereocenters. The van der Waals surface area contributed by atoms with Crippen molar-refractivity contribution in [2.24, 2.45) is 5.92 Å². The summed E-state index contributed by atoms with van der Waals surface area (Å²) in [7, 11) is 0. The summed E-state index contributed by atoms with van der Waals surface area (Å²) in [6.07, 6.45) is 6.70. The molecule has 1 atom stereocenters. The van der Waals surface area contributed by atoms with Gasteiger partial charge in [-0.05, 0) is 49.9 Å². The van der Waals surface area contributed by atoms with Gasteiger partial charge in [-0.3, -0.25) is 14.4 Å². The highest BCUT2D eigenvalue weighted by Gasteiger charge is 2.37. The van der Waals surface area contributed by atoms with E-state index in [0.29, 0.717) is 23.7 Å². The molecule has 7 heteroatoms. The minimum absolute atomic E-state index is 0.0559. The van der Waals surface area contributed by atoms with Crippen molar-refractivity contribution in [2.75, 3.05) is 18.4 Å². The molecule has 3 amide bonds. The van der Waals surface area contributed by atoms with Gasteiger partial charge >= 0.3 is 0 Å². The van der Waals surface area contributed by atoms with Crippen molar-refractivity contribution in [2.45, 2.75) is 51.0 Å². The molecule has 2 aliphatic rings. The van der Waals surface area contributed by atoms with Crippen LogP contribution in [-0.2, 0) is 14.4 Å². The molecular formula is C20H26ClN3O3. The molecule has 0 aromatic heterocycles. The molecule has 0 spiro atoms. The van der Waals surface area contributed by atoms with Gasteiger partial charge in [0.2, 0.25) is 17.7 Å². The number of nitrogens with zero attached hydrogens (tertiary/aromatic N) is 1. The van der Waals surface area contributed by atoms with Crippen molar-refractivity contribution in [3.05, 3.63) is 29.3 Å². The molecule has 1 aliphatic heterocycles. The first-order chi connectivity index (χ1) is 13.0. The minimum atomic E-state index is -0.456. The van der Waals surface area contributed by atoms with Gasteiger partial charge in [0.05, 0.1) is 6.54 Å².